The average Bonchev–Trinajstić information content (AvgIpc) is 2.82. The molecule has 25 heavy (non-hydrogen) atoms. The van der Waals surface area contributed by atoms with Crippen LogP contribution in [0.25, 0.3) is 0 Å². The summed E-state index contributed by atoms with van der Waals surface area (Å²) in [6.07, 6.45) is 7.53. The molecule has 1 aliphatic carbocycles. The van der Waals surface area contributed by atoms with E-state index in [4.69, 9.17) is 0 Å². The Hall–Kier alpha value is -1.47. The molecule has 0 spiro atoms. The van der Waals surface area contributed by atoms with Crippen molar-refractivity contribution >= 4 is 5.91 Å². The van der Waals surface area contributed by atoms with Gasteiger partial charge in [0.25, 0.3) is 0 Å². The molecule has 1 saturated heterocycles. The molecule has 0 atom stereocenters. The first-order valence-corrected chi connectivity index (χ1v) is 9.77. The molecule has 0 aromatic carbocycles. The molecule has 1 aromatic heterocycles. The Morgan fingerprint density at radius 1 is 1.04 bits per heavy atom. The summed E-state index contributed by atoms with van der Waals surface area (Å²) in [7, 11) is 0. The van der Waals surface area contributed by atoms with E-state index in [1.165, 1.54) is 19.3 Å². The maximum absolute atomic E-state index is 12.7. The van der Waals surface area contributed by atoms with E-state index in [0.29, 0.717) is 6.54 Å². The third kappa shape index (κ3) is 3.72. The quantitative estimate of drug-likeness (QED) is 0.889. The molecule has 3 heterocycles. The highest BCUT2D eigenvalue weighted by Gasteiger charge is 2.38. The zero-order chi connectivity index (χ0) is 17.3. The minimum atomic E-state index is -0.751. The van der Waals surface area contributed by atoms with Crippen molar-refractivity contribution in [2.75, 3.05) is 19.6 Å². The van der Waals surface area contributed by atoms with Gasteiger partial charge in [-0.25, -0.2) is 4.68 Å². The molecule has 1 amide bonds. The molecule has 1 aromatic rings. The second kappa shape index (κ2) is 7.03. The standard InChI is InChI=1S/C18H29N5O2/c24-17(12-18(25)6-4-7-18)22-10-5-11-23-16(14-22)15(19-20-23)13-21-8-2-1-3-9-21/h25H,1-14H2. The van der Waals surface area contributed by atoms with Crippen molar-refractivity contribution in [3.8, 4) is 0 Å². The normalized spacial score (nSPS) is 23.6. The van der Waals surface area contributed by atoms with E-state index in [1.54, 1.807) is 0 Å². The van der Waals surface area contributed by atoms with Crippen molar-refractivity contribution in [1.29, 1.82) is 0 Å². The van der Waals surface area contributed by atoms with Crippen LogP contribution in [-0.2, 0) is 24.4 Å². The number of fused-ring (bicyclic) bond motifs is 1. The highest BCUT2D eigenvalue weighted by atomic mass is 16.3. The number of amides is 1. The van der Waals surface area contributed by atoms with Crippen LogP contribution < -0.4 is 0 Å². The van der Waals surface area contributed by atoms with Gasteiger partial charge >= 0.3 is 0 Å². The highest BCUT2D eigenvalue weighted by Crippen LogP contribution is 2.35. The highest BCUT2D eigenvalue weighted by molar-refractivity contribution is 5.77. The van der Waals surface area contributed by atoms with Crippen molar-refractivity contribution in [3.05, 3.63) is 11.4 Å². The Bertz CT molecular complexity index is 619. The molecule has 3 aliphatic rings. The summed E-state index contributed by atoms with van der Waals surface area (Å²) >= 11 is 0. The molecule has 0 bridgehead atoms. The third-order valence-electron chi connectivity index (χ3n) is 6.00. The first-order chi connectivity index (χ1) is 12.1. The van der Waals surface area contributed by atoms with E-state index in [9.17, 15) is 9.90 Å². The first kappa shape index (κ1) is 17.0. The summed E-state index contributed by atoms with van der Waals surface area (Å²) in [5.41, 5.74) is 1.35. The lowest BCUT2D eigenvalue weighted by molar-refractivity contribution is -0.141. The Kier molecular flexibility index (Phi) is 4.78. The SMILES string of the molecule is O=C(CC1(O)CCC1)N1CCCn2nnc(CN3CCCCC3)c2C1. The Labute approximate surface area is 149 Å². The molecule has 7 nitrogen and oxygen atoms in total. The van der Waals surface area contributed by atoms with Crippen LogP contribution in [0.4, 0.5) is 0 Å². The predicted octanol–water partition coefficient (Wildman–Crippen LogP) is 1.30. The first-order valence-electron chi connectivity index (χ1n) is 9.77. The molecule has 1 N–H and O–H groups in total. The van der Waals surface area contributed by atoms with Crippen LogP contribution in [0.15, 0.2) is 0 Å². The van der Waals surface area contributed by atoms with Gasteiger partial charge in [-0.15, -0.1) is 5.10 Å². The fourth-order valence-electron chi connectivity index (χ4n) is 4.21. The molecule has 0 unspecified atom stereocenters. The maximum atomic E-state index is 12.7. The predicted molar refractivity (Wildman–Crippen MR) is 92.6 cm³/mol. The van der Waals surface area contributed by atoms with Gasteiger partial charge in [0, 0.05) is 19.6 Å². The molecule has 2 aliphatic heterocycles. The van der Waals surface area contributed by atoms with Crippen LogP contribution >= 0.6 is 0 Å². The van der Waals surface area contributed by atoms with E-state index in [-0.39, 0.29) is 12.3 Å². The van der Waals surface area contributed by atoms with Gasteiger partial charge in [0.15, 0.2) is 0 Å². The van der Waals surface area contributed by atoms with E-state index in [2.05, 4.69) is 15.2 Å². The van der Waals surface area contributed by atoms with Crippen molar-refractivity contribution < 1.29 is 9.90 Å². The summed E-state index contributed by atoms with van der Waals surface area (Å²) in [5, 5.41) is 19.1. The van der Waals surface area contributed by atoms with Crippen molar-refractivity contribution in [2.24, 2.45) is 0 Å². The lowest BCUT2D eigenvalue weighted by atomic mass is 9.77. The molecule has 0 radical (unpaired) electrons. The summed E-state index contributed by atoms with van der Waals surface area (Å²) < 4.78 is 1.98. The summed E-state index contributed by atoms with van der Waals surface area (Å²) in [6, 6.07) is 0. The van der Waals surface area contributed by atoms with Gasteiger partial charge in [0.2, 0.25) is 5.91 Å². The number of piperidine rings is 1. The zero-order valence-corrected chi connectivity index (χ0v) is 15.0. The number of aryl methyl sites for hydroxylation is 1. The molecular weight excluding hydrogens is 318 g/mol. The fraction of sp³-hybridized carbons (Fsp3) is 0.833. The maximum Gasteiger partial charge on any atom is 0.225 e. The second-order valence-corrected chi connectivity index (χ2v) is 7.97. The number of rotatable bonds is 4. The lowest BCUT2D eigenvalue weighted by Crippen LogP contribution is -2.43. The number of likely N-dealkylation sites (tertiary alicyclic amines) is 1. The number of aliphatic hydroxyl groups is 1. The van der Waals surface area contributed by atoms with Crippen molar-refractivity contribution in [1.82, 2.24) is 24.8 Å². The summed E-state index contributed by atoms with van der Waals surface area (Å²) in [4.78, 5) is 17.0. The third-order valence-corrected chi connectivity index (χ3v) is 6.00. The van der Waals surface area contributed by atoms with Gasteiger partial charge in [-0.3, -0.25) is 9.69 Å². The topological polar surface area (TPSA) is 74.5 Å². The number of carbonyl (C=O) groups is 1. The number of hydrogen-bond acceptors (Lipinski definition) is 5. The fourth-order valence-corrected chi connectivity index (χ4v) is 4.21. The van der Waals surface area contributed by atoms with Crippen molar-refractivity contribution in [3.63, 3.8) is 0 Å². The van der Waals surface area contributed by atoms with Gasteiger partial charge < -0.3 is 10.0 Å². The molecule has 138 valence electrons. The molecular formula is C18H29N5O2. The van der Waals surface area contributed by atoms with Gasteiger partial charge in [0.05, 0.1) is 24.3 Å². The zero-order valence-electron chi connectivity index (χ0n) is 15.0. The Morgan fingerprint density at radius 3 is 2.56 bits per heavy atom. The van der Waals surface area contributed by atoms with E-state index in [1.807, 2.05) is 9.58 Å². The molecule has 4 rings (SSSR count). The lowest BCUT2D eigenvalue weighted by Gasteiger charge is -2.37. The Balaban J connectivity index is 1.45. The summed E-state index contributed by atoms with van der Waals surface area (Å²) in [6.45, 7) is 5.22. The van der Waals surface area contributed by atoms with Gasteiger partial charge in [-0.2, -0.15) is 0 Å². The van der Waals surface area contributed by atoms with Crippen LogP contribution in [0.2, 0.25) is 0 Å². The molecule has 1 saturated carbocycles. The molecule has 2 fully saturated rings. The smallest absolute Gasteiger partial charge is 0.225 e. The van der Waals surface area contributed by atoms with Crippen LogP contribution in [-0.4, -0.2) is 61.0 Å². The van der Waals surface area contributed by atoms with E-state index >= 15 is 0 Å². The molecule has 7 heteroatoms. The number of aromatic nitrogens is 3. The van der Waals surface area contributed by atoms with Crippen LogP contribution in [0, 0.1) is 0 Å². The average molecular weight is 347 g/mol. The monoisotopic (exact) mass is 347 g/mol. The number of hydrogen-bond donors (Lipinski definition) is 1. The van der Waals surface area contributed by atoms with Gasteiger partial charge in [-0.1, -0.05) is 11.6 Å². The van der Waals surface area contributed by atoms with Gasteiger partial charge in [-0.05, 0) is 51.6 Å². The van der Waals surface area contributed by atoms with Crippen molar-refractivity contribution in [2.45, 2.75) is 76.6 Å². The van der Waals surface area contributed by atoms with Gasteiger partial charge in [0.1, 0.15) is 5.69 Å². The number of carbonyl (C=O) groups excluding carboxylic acids is 1. The number of nitrogens with zero attached hydrogens (tertiary/aromatic N) is 5. The minimum absolute atomic E-state index is 0.0702. The second-order valence-electron chi connectivity index (χ2n) is 7.97. The van der Waals surface area contributed by atoms with Crippen LogP contribution in [0.5, 0.6) is 0 Å². The van der Waals surface area contributed by atoms with E-state index in [0.717, 1.165) is 69.8 Å². The Morgan fingerprint density at radius 2 is 1.84 bits per heavy atom. The summed E-state index contributed by atoms with van der Waals surface area (Å²) in [5.74, 6) is 0.0702. The minimum Gasteiger partial charge on any atom is -0.389 e. The largest absolute Gasteiger partial charge is 0.389 e. The van der Waals surface area contributed by atoms with E-state index < -0.39 is 5.60 Å². The van der Waals surface area contributed by atoms with Crippen LogP contribution in [0.1, 0.15) is 62.8 Å². The van der Waals surface area contributed by atoms with Crippen LogP contribution in [0.3, 0.4) is 0 Å².